The summed E-state index contributed by atoms with van der Waals surface area (Å²) in [6.07, 6.45) is 5.56. The Morgan fingerprint density at radius 3 is 2.00 bits per heavy atom. The van der Waals surface area contributed by atoms with Gasteiger partial charge in [-0.25, -0.2) is 0 Å². The molecule has 0 spiro atoms. The fourth-order valence-corrected chi connectivity index (χ4v) is 5.70. The van der Waals surface area contributed by atoms with Gasteiger partial charge in [-0.05, 0) is 66.5 Å². The summed E-state index contributed by atoms with van der Waals surface area (Å²) < 4.78 is 11.2. The monoisotopic (exact) mass is 387 g/mol. The average molecular weight is 387 g/mol. The van der Waals surface area contributed by atoms with Gasteiger partial charge in [-0.1, -0.05) is 24.3 Å². The van der Waals surface area contributed by atoms with Crippen LogP contribution in [-0.4, -0.2) is 18.9 Å². The molecule has 1 aliphatic heterocycles. The van der Waals surface area contributed by atoms with E-state index in [0.29, 0.717) is 34.8 Å². The highest BCUT2D eigenvalue weighted by molar-refractivity contribution is 6.22. The van der Waals surface area contributed by atoms with E-state index in [0.717, 1.165) is 0 Å². The van der Waals surface area contributed by atoms with Crippen molar-refractivity contribution >= 4 is 17.5 Å². The van der Waals surface area contributed by atoms with Crippen molar-refractivity contribution in [3.8, 4) is 17.2 Å². The van der Waals surface area contributed by atoms with Crippen molar-refractivity contribution in [3.63, 3.8) is 0 Å². The molecule has 2 aromatic rings. The maximum atomic E-state index is 13.2. The summed E-state index contributed by atoms with van der Waals surface area (Å²) in [4.78, 5) is 27.8. The molecular weight excluding hydrogens is 366 g/mol. The molecule has 6 atom stereocenters. The molecular formula is C24H21NO4. The summed E-state index contributed by atoms with van der Waals surface area (Å²) in [5.41, 5.74) is 0.620. The molecule has 5 aliphatic rings. The lowest BCUT2D eigenvalue weighted by Gasteiger charge is -2.37. The van der Waals surface area contributed by atoms with Crippen molar-refractivity contribution in [1.82, 2.24) is 0 Å². The molecule has 146 valence electrons. The highest BCUT2D eigenvalue weighted by atomic mass is 16.5. The highest BCUT2D eigenvalue weighted by Crippen LogP contribution is 2.65. The molecule has 3 fully saturated rings. The van der Waals surface area contributed by atoms with Crippen LogP contribution in [0.4, 0.5) is 5.69 Å². The van der Waals surface area contributed by atoms with Crippen LogP contribution in [0.1, 0.15) is 6.42 Å². The first-order valence-corrected chi connectivity index (χ1v) is 10.1. The molecule has 5 nitrogen and oxygen atoms in total. The Kier molecular flexibility index (Phi) is 3.46. The minimum atomic E-state index is -0.175. The Morgan fingerprint density at radius 2 is 1.41 bits per heavy atom. The number of rotatable bonds is 4. The lowest BCUT2D eigenvalue weighted by molar-refractivity contribution is -0.124. The van der Waals surface area contributed by atoms with Gasteiger partial charge >= 0.3 is 0 Å². The van der Waals surface area contributed by atoms with Gasteiger partial charge in [0.2, 0.25) is 11.8 Å². The standard InChI is InChI=1S/C24H21NO4/c1-28-19-4-2-3-5-20(19)29-14-8-6-13(7-9-14)25-23(26)21-15-10-11-16(18-12-17(15)18)22(21)24(25)27/h2-11,15-18,21-22H,12H2,1H3/t15-,16-,17-,18+,21+,22-/m1/s1. The molecule has 7 rings (SSSR count). The predicted octanol–water partition coefficient (Wildman–Crippen LogP) is 4.05. The SMILES string of the molecule is COc1ccccc1Oc1ccc(N2C(=O)[C@@H]3[C@@H]4C=C[C@H]([C@H]5C[C@@H]45)[C@@H]3C2=O)cc1. The highest BCUT2D eigenvalue weighted by Gasteiger charge is 2.67. The van der Waals surface area contributed by atoms with E-state index < -0.39 is 0 Å². The maximum absolute atomic E-state index is 13.2. The minimum absolute atomic E-state index is 0.0388. The van der Waals surface area contributed by atoms with Gasteiger partial charge in [0.15, 0.2) is 11.5 Å². The lowest BCUT2D eigenvalue weighted by atomic mass is 9.63. The number of ether oxygens (including phenoxy) is 2. The number of methoxy groups -OCH3 is 1. The van der Waals surface area contributed by atoms with Gasteiger partial charge in [0.05, 0.1) is 24.6 Å². The van der Waals surface area contributed by atoms with Crippen molar-refractivity contribution in [3.05, 3.63) is 60.7 Å². The number of amides is 2. The first-order chi connectivity index (χ1) is 14.2. The van der Waals surface area contributed by atoms with Crippen LogP contribution in [0.15, 0.2) is 60.7 Å². The molecule has 4 aliphatic carbocycles. The number of nitrogens with zero attached hydrogens (tertiary/aromatic N) is 1. The Morgan fingerprint density at radius 1 is 0.828 bits per heavy atom. The third-order valence-electron chi connectivity index (χ3n) is 7.05. The minimum Gasteiger partial charge on any atom is -0.493 e. The topological polar surface area (TPSA) is 55.8 Å². The second-order valence-corrected chi connectivity index (χ2v) is 8.41. The summed E-state index contributed by atoms with van der Waals surface area (Å²) >= 11 is 0. The third-order valence-corrected chi connectivity index (χ3v) is 7.05. The molecule has 1 heterocycles. The number of benzene rings is 2. The summed E-state index contributed by atoms with van der Waals surface area (Å²) in [5.74, 6) is 3.16. The predicted molar refractivity (Wildman–Crippen MR) is 107 cm³/mol. The van der Waals surface area contributed by atoms with Crippen LogP contribution >= 0.6 is 0 Å². The van der Waals surface area contributed by atoms with Gasteiger partial charge in [0.1, 0.15) is 5.75 Å². The zero-order chi connectivity index (χ0) is 19.7. The van der Waals surface area contributed by atoms with Crippen LogP contribution in [0.3, 0.4) is 0 Å². The fourth-order valence-electron chi connectivity index (χ4n) is 5.70. The molecule has 2 bridgehead atoms. The van der Waals surface area contributed by atoms with E-state index in [1.807, 2.05) is 24.3 Å². The van der Waals surface area contributed by atoms with E-state index >= 15 is 0 Å². The lowest BCUT2D eigenvalue weighted by Crippen LogP contribution is -2.40. The van der Waals surface area contributed by atoms with Crippen molar-refractivity contribution in [1.29, 1.82) is 0 Å². The van der Waals surface area contributed by atoms with E-state index in [1.165, 1.54) is 11.3 Å². The number of hydrogen-bond acceptors (Lipinski definition) is 4. The van der Waals surface area contributed by atoms with Crippen LogP contribution in [0.5, 0.6) is 17.2 Å². The smallest absolute Gasteiger partial charge is 0.238 e. The van der Waals surface area contributed by atoms with Gasteiger partial charge < -0.3 is 9.47 Å². The summed E-state index contributed by atoms with van der Waals surface area (Å²) in [5, 5.41) is 0. The summed E-state index contributed by atoms with van der Waals surface area (Å²) in [6, 6.07) is 14.6. The molecule has 1 saturated heterocycles. The number of hydrogen-bond donors (Lipinski definition) is 0. The van der Waals surface area contributed by atoms with Crippen LogP contribution in [-0.2, 0) is 9.59 Å². The second kappa shape index (κ2) is 5.96. The van der Waals surface area contributed by atoms with Crippen molar-refractivity contribution in [2.24, 2.45) is 35.5 Å². The summed E-state index contributed by atoms with van der Waals surface area (Å²) in [6.45, 7) is 0. The molecule has 2 saturated carbocycles. The molecule has 29 heavy (non-hydrogen) atoms. The van der Waals surface area contributed by atoms with Crippen LogP contribution < -0.4 is 14.4 Å². The number of para-hydroxylation sites is 2. The zero-order valence-corrected chi connectivity index (χ0v) is 16.0. The van der Waals surface area contributed by atoms with E-state index in [2.05, 4.69) is 12.2 Å². The van der Waals surface area contributed by atoms with Gasteiger partial charge in [0, 0.05) is 0 Å². The number of allylic oxidation sites excluding steroid dienone is 2. The van der Waals surface area contributed by atoms with Gasteiger partial charge in [-0.2, -0.15) is 0 Å². The van der Waals surface area contributed by atoms with Crippen LogP contribution in [0.2, 0.25) is 0 Å². The van der Waals surface area contributed by atoms with E-state index in [9.17, 15) is 9.59 Å². The number of imide groups is 1. The van der Waals surface area contributed by atoms with Crippen molar-refractivity contribution < 1.29 is 19.1 Å². The molecule has 0 aromatic heterocycles. The summed E-state index contributed by atoms with van der Waals surface area (Å²) in [7, 11) is 1.60. The third kappa shape index (κ3) is 2.33. The largest absolute Gasteiger partial charge is 0.493 e. The maximum Gasteiger partial charge on any atom is 0.238 e. The molecule has 2 amide bonds. The van der Waals surface area contributed by atoms with E-state index in [-0.39, 0.29) is 35.5 Å². The molecule has 0 N–H and O–H groups in total. The van der Waals surface area contributed by atoms with Crippen LogP contribution in [0.25, 0.3) is 0 Å². The quantitative estimate of drug-likeness (QED) is 0.587. The molecule has 0 radical (unpaired) electrons. The van der Waals surface area contributed by atoms with Gasteiger partial charge in [-0.15, -0.1) is 0 Å². The van der Waals surface area contributed by atoms with E-state index in [4.69, 9.17) is 9.47 Å². The van der Waals surface area contributed by atoms with E-state index in [1.54, 1.807) is 31.4 Å². The number of anilines is 1. The number of carbonyl (C=O) groups excluding carboxylic acids is 2. The first kappa shape index (κ1) is 16.8. The first-order valence-electron chi connectivity index (χ1n) is 10.1. The number of carbonyl (C=O) groups is 2. The molecule has 0 unspecified atom stereocenters. The Labute approximate surface area is 168 Å². The average Bonchev–Trinajstić information content (AvgIpc) is 3.53. The van der Waals surface area contributed by atoms with Crippen molar-refractivity contribution in [2.75, 3.05) is 12.0 Å². The normalized spacial score (nSPS) is 33.5. The Bertz CT molecular complexity index is 1010. The van der Waals surface area contributed by atoms with Gasteiger partial charge in [-0.3, -0.25) is 14.5 Å². The fraction of sp³-hybridized carbons (Fsp3) is 0.333. The zero-order valence-electron chi connectivity index (χ0n) is 16.0. The molecule has 5 heteroatoms. The van der Waals surface area contributed by atoms with Crippen molar-refractivity contribution in [2.45, 2.75) is 6.42 Å². The Balaban J connectivity index is 1.26. The Hall–Kier alpha value is -3.08. The molecule has 2 aromatic carbocycles. The van der Waals surface area contributed by atoms with Crippen LogP contribution in [0, 0.1) is 35.5 Å². The van der Waals surface area contributed by atoms with Gasteiger partial charge in [0.25, 0.3) is 0 Å². The second-order valence-electron chi connectivity index (χ2n) is 8.41.